The molecule has 0 saturated heterocycles. The first-order chi connectivity index (χ1) is 16.2. The van der Waals surface area contributed by atoms with Gasteiger partial charge in [0.1, 0.15) is 11.3 Å². The van der Waals surface area contributed by atoms with Gasteiger partial charge >= 0.3 is 5.97 Å². The average molecular weight is 458 g/mol. The summed E-state index contributed by atoms with van der Waals surface area (Å²) in [5.41, 5.74) is 2.66. The Bertz CT molecular complexity index is 1210. The van der Waals surface area contributed by atoms with Crippen LogP contribution in [0, 0.1) is 0 Å². The molecule has 0 radical (unpaired) electrons. The van der Waals surface area contributed by atoms with Crippen LogP contribution in [0.4, 0.5) is 0 Å². The molecule has 5 heteroatoms. The van der Waals surface area contributed by atoms with E-state index in [1.807, 2.05) is 60.7 Å². The summed E-state index contributed by atoms with van der Waals surface area (Å²) in [5.74, 6) is -0.691. The van der Waals surface area contributed by atoms with Gasteiger partial charge in [-0.1, -0.05) is 81.4 Å². The molecule has 1 aliphatic heterocycles. The number of hydrogen-bond acceptors (Lipinski definition) is 3. The topological polar surface area (TPSA) is 66.8 Å². The first-order valence-corrected chi connectivity index (χ1v) is 11.5. The maximum atomic E-state index is 14.0. The second-order valence-corrected chi connectivity index (χ2v) is 10.0. The number of benzene rings is 3. The van der Waals surface area contributed by atoms with Crippen molar-refractivity contribution in [3.05, 3.63) is 101 Å². The molecule has 1 atom stereocenters. The Kier molecular flexibility index (Phi) is 6.22. The van der Waals surface area contributed by atoms with Gasteiger partial charge in [-0.3, -0.25) is 4.79 Å². The van der Waals surface area contributed by atoms with Crippen LogP contribution in [0.25, 0.3) is 0 Å². The van der Waals surface area contributed by atoms with E-state index in [0.717, 1.165) is 22.3 Å². The van der Waals surface area contributed by atoms with Gasteiger partial charge < -0.3 is 14.7 Å². The van der Waals surface area contributed by atoms with E-state index in [1.165, 1.54) is 4.90 Å². The highest BCUT2D eigenvalue weighted by molar-refractivity contribution is 5.99. The van der Waals surface area contributed by atoms with Gasteiger partial charge in [-0.25, -0.2) is 4.79 Å². The molecule has 0 aliphatic carbocycles. The molecule has 0 saturated carbocycles. The van der Waals surface area contributed by atoms with E-state index in [0.29, 0.717) is 11.3 Å². The highest BCUT2D eigenvalue weighted by Gasteiger charge is 2.50. The van der Waals surface area contributed by atoms with Crippen molar-refractivity contribution in [2.75, 3.05) is 7.11 Å². The number of carbonyl (C=O) groups is 2. The lowest BCUT2D eigenvalue weighted by Crippen LogP contribution is -2.61. The van der Waals surface area contributed by atoms with Crippen molar-refractivity contribution < 1.29 is 19.4 Å². The lowest BCUT2D eigenvalue weighted by atomic mass is 9.78. The molecule has 1 N–H and O–H groups in total. The lowest BCUT2D eigenvalue weighted by Gasteiger charge is -2.45. The van der Waals surface area contributed by atoms with Crippen molar-refractivity contribution in [3.8, 4) is 5.75 Å². The Morgan fingerprint density at radius 1 is 0.971 bits per heavy atom. The molecular weight excluding hydrogens is 426 g/mol. The number of carboxylic acids is 1. The SMILES string of the molecule is COc1cc(C(=O)N2Cc3ccccc3CC2(Cc2ccccc2)C(=O)O)ccc1C(C)(C)C. The van der Waals surface area contributed by atoms with Crippen LogP contribution in [-0.4, -0.2) is 34.5 Å². The van der Waals surface area contributed by atoms with Crippen molar-refractivity contribution >= 4 is 11.9 Å². The largest absolute Gasteiger partial charge is 0.496 e. The molecule has 1 amide bonds. The van der Waals surface area contributed by atoms with E-state index in [4.69, 9.17) is 4.74 Å². The standard InChI is InChI=1S/C29H31NO4/c1-28(2,3)24-15-14-21(16-25(24)34-4)26(31)30-19-23-13-9-8-12-22(23)18-29(30,27(32)33)17-20-10-6-5-7-11-20/h5-16H,17-19H2,1-4H3,(H,32,33). The summed E-state index contributed by atoms with van der Waals surface area (Å²) in [5, 5.41) is 10.6. The fourth-order valence-electron chi connectivity index (χ4n) is 4.84. The fraction of sp³-hybridized carbons (Fsp3) is 0.310. The van der Waals surface area contributed by atoms with Crippen molar-refractivity contribution in [3.63, 3.8) is 0 Å². The van der Waals surface area contributed by atoms with Gasteiger partial charge in [-0.05, 0) is 39.8 Å². The van der Waals surface area contributed by atoms with Crippen LogP contribution in [0.2, 0.25) is 0 Å². The molecule has 0 spiro atoms. The predicted molar refractivity (Wildman–Crippen MR) is 132 cm³/mol. The highest BCUT2D eigenvalue weighted by Crippen LogP contribution is 2.37. The van der Waals surface area contributed by atoms with Gasteiger partial charge in [0.15, 0.2) is 0 Å². The number of fused-ring (bicyclic) bond motifs is 1. The maximum absolute atomic E-state index is 14.0. The first kappa shape index (κ1) is 23.6. The summed E-state index contributed by atoms with van der Waals surface area (Å²) >= 11 is 0. The summed E-state index contributed by atoms with van der Waals surface area (Å²) in [6.45, 7) is 6.49. The van der Waals surface area contributed by atoms with Gasteiger partial charge in [0.25, 0.3) is 5.91 Å². The summed E-state index contributed by atoms with van der Waals surface area (Å²) in [4.78, 5) is 28.4. The first-order valence-electron chi connectivity index (χ1n) is 11.5. The van der Waals surface area contributed by atoms with Gasteiger partial charge in [0, 0.05) is 24.9 Å². The molecule has 0 aromatic heterocycles. The van der Waals surface area contributed by atoms with Crippen LogP contribution in [0.1, 0.15) is 53.4 Å². The summed E-state index contributed by atoms with van der Waals surface area (Å²) in [6, 6.07) is 22.7. The zero-order valence-corrected chi connectivity index (χ0v) is 20.2. The molecule has 34 heavy (non-hydrogen) atoms. The highest BCUT2D eigenvalue weighted by atomic mass is 16.5. The van der Waals surface area contributed by atoms with Crippen LogP contribution < -0.4 is 4.74 Å². The number of nitrogens with zero attached hydrogens (tertiary/aromatic N) is 1. The molecule has 1 unspecified atom stereocenters. The average Bonchev–Trinajstić information content (AvgIpc) is 2.82. The smallest absolute Gasteiger partial charge is 0.330 e. The third-order valence-corrected chi connectivity index (χ3v) is 6.69. The van der Waals surface area contributed by atoms with E-state index >= 15 is 0 Å². The molecule has 3 aromatic rings. The number of rotatable bonds is 5. The number of carboxylic acid groups (broad SMARTS) is 1. The molecular formula is C29H31NO4. The molecule has 0 bridgehead atoms. The molecule has 3 aromatic carbocycles. The van der Waals surface area contributed by atoms with E-state index in [1.54, 1.807) is 19.2 Å². The van der Waals surface area contributed by atoms with Crippen molar-refractivity contribution in [2.45, 2.75) is 51.1 Å². The van der Waals surface area contributed by atoms with E-state index in [-0.39, 0.29) is 30.7 Å². The number of carbonyl (C=O) groups excluding carboxylic acids is 1. The minimum Gasteiger partial charge on any atom is -0.496 e. The van der Waals surface area contributed by atoms with Crippen molar-refractivity contribution in [1.82, 2.24) is 4.90 Å². The Morgan fingerprint density at radius 2 is 1.62 bits per heavy atom. The summed E-state index contributed by atoms with van der Waals surface area (Å²) in [6.07, 6.45) is 0.469. The number of hydrogen-bond donors (Lipinski definition) is 1. The summed E-state index contributed by atoms with van der Waals surface area (Å²) in [7, 11) is 1.59. The van der Waals surface area contributed by atoms with E-state index < -0.39 is 11.5 Å². The number of methoxy groups -OCH3 is 1. The number of aliphatic carboxylic acids is 1. The second kappa shape index (κ2) is 8.98. The van der Waals surface area contributed by atoms with Crippen molar-refractivity contribution in [2.24, 2.45) is 0 Å². The Hall–Kier alpha value is -3.60. The van der Waals surface area contributed by atoms with E-state index in [2.05, 4.69) is 20.8 Å². The Balaban J connectivity index is 1.82. The molecule has 1 heterocycles. The van der Waals surface area contributed by atoms with Gasteiger partial charge in [-0.15, -0.1) is 0 Å². The van der Waals surface area contributed by atoms with Gasteiger partial charge in [-0.2, -0.15) is 0 Å². The third-order valence-electron chi connectivity index (χ3n) is 6.69. The fourth-order valence-corrected chi connectivity index (χ4v) is 4.84. The quantitative estimate of drug-likeness (QED) is 0.568. The van der Waals surface area contributed by atoms with Crippen LogP contribution >= 0.6 is 0 Å². The molecule has 5 nitrogen and oxygen atoms in total. The number of amides is 1. The van der Waals surface area contributed by atoms with Crippen LogP contribution in [0.15, 0.2) is 72.8 Å². The van der Waals surface area contributed by atoms with E-state index in [9.17, 15) is 14.7 Å². The van der Waals surface area contributed by atoms with Gasteiger partial charge in [0.05, 0.1) is 7.11 Å². The zero-order valence-electron chi connectivity index (χ0n) is 20.2. The van der Waals surface area contributed by atoms with Crippen LogP contribution in [0.5, 0.6) is 5.75 Å². The minimum atomic E-state index is -1.40. The summed E-state index contributed by atoms with van der Waals surface area (Å²) < 4.78 is 5.61. The van der Waals surface area contributed by atoms with Crippen molar-refractivity contribution in [1.29, 1.82) is 0 Å². The molecule has 176 valence electrons. The molecule has 0 fully saturated rings. The van der Waals surface area contributed by atoms with Crippen LogP contribution in [0.3, 0.4) is 0 Å². The Labute approximate surface area is 201 Å². The van der Waals surface area contributed by atoms with Crippen LogP contribution in [-0.2, 0) is 29.6 Å². The number of ether oxygens (including phenoxy) is 1. The normalized spacial score (nSPS) is 17.7. The lowest BCUT2D eigenvalue weighted by molar-refractivity contribution is -0.151. The molecule has 1 aliphatic rings. The molecule has 4 rings (SSSR count). The second-order valence-electron chi connectivity index (χ2n) is 10.0. The Morgan fingerprint density at radius 3 is 2.24 bits per heavy atom. The van der Waals surface area contributed by atoms with Gasteiger partial charge in [0.2, 0.25) is 0 Å². The zero-order chi connectivity index (χ0) is 24.5. The third kappa shape index (κ3) is 4.30. The monoisotopic (exact) mass is 457 g/mol. The maximum Gasteiger partial charge on any atom is 0.330 e. The predicted octanol–water partition coefficient (Wildman–Crippen LogP) is 5.26. The minimum absolute atomic E-state index is 0.158.